The molecule has 4 rings (SSSR count). The maximum Gasteiger partial charge on any atom is 0.255 e. The van der Waals surface area contributed by atoms with E-state index in [1.807, 2.05) is 44.2 Å². The van der Waals surface area contributed by atoms with Gasteiger partial charge in [0.2, 0.25) is 0 Å². The third-order valence-corrected chi connectivity index (χ3v) is 4.47. The summed E-state index contributed by atoms with van der Waals surface area (Å²) in [6.07, 6.45) is 3.08. The largest absolute Gasteiger partial charge is 0.489 e. The Hall–Kier alpha value is -3.94. The molecule has 1 amide bonds. The molecule has 29 heavy (non-hydrogen) atoms. The predicted molar refractivity (Wildman–Crippen MR) is 106 cm³/mol. The zero-order valence-corrected chi connectivity index (χ0v) is 16.0. The summed E-state index contributed by atoms with van der Waals surface area (Å²) in [6, 6.07) is 14.4. The van der Waals surface area contributed by atoms with E-state index in [2.05, 4.69) is 20.6 Å². The van der Waals surface area contributed by atoms with Crippen molar-refractivity contribution in [2.45, 2.75) is 20.5 Å². The number of anilines is 1. The van der Waals surface area contributed by atoms with Gasteiger partial charge in [-0.25, -0.2) is 9.67 Å². The summed E-state index contributed by atoms with van der Waals surface area (Å²) in [4.78, 5) is 16.5. The highest BCUT2D eigenvalue weighted by molar-refractivity contribution is 6.04. The third kappa shape index (κ3) is 4.16. The highest BCUT2D eigenvalue weighted by Crippen LogP contribution is 2.20. The molecule has 4 aromatic rings. The van der Waals surface area contributed by atoms with Gasteiger partial charge in [0.05, 0.1) is 16.9 Å². The number of amides is 1. The lowest BCUT2D eigenvalue weighted by Crippen LogP contribution is -2.12. The van der Waals surface area contributed by atoms with Crippen LogP contribution < -0.4 is 10.1 Å². The number of benzene rings is 2. The minimum atomic E-state index is -0.221. The summed E-state index contributed by atoms with van der Waals surface area (Å²) in [5.41, 5.74) is 3.75. The second kappa shape index (κ2) is 7.97. The van der Waals surface area contributed by atoms with Gasteiger partial charge in [-0.3, -0.25) is 4.79 Å². The Morgan fingerprint density at radius 1 is 1.17 bits per heavy atom. The number of hydrogen-bond donors (Lipinski definition) is 1. The third-order valence-electron chi connectivity index (χ3n) is 4.47. The number of ether oxygens (including phenoxy) is 1. The van der Waals surface area contributed by atoms with Crippen molar-refractivity contribution in [3.63, 3.8) is 0 Å². The van der Waals surface area contributed by atoms with Crippen LogP contribution in [0.4, 0.5) is 5.69 Å². The molecule has 2 heterocycles. The molecule has 2 aromatic heterocycles. The van der Waals surface area contributed by atoms with E-state index >= 15 is 0 Å². The molecule has 0 aliphatic rings. The number of aromatic nitrogens is 4. The van der Waals surface area contributed by atoms with Gasteiger partial charge in [-0.1, -0.05) is 11.2 Å². The molecule has 0 aliphatic carbocycles. The van der Waals surface area contributed by atoms with Gasteiger partial charge in [-0.2, -0.15) is 5.10 Å². The monoisotopic (exact) mass is 389 g/mol. The van der Waals surface area contributed by atoms with E-state index < -0.39 is 0 Å². The fraction of sp³-hybridized carbons (Fsp3) is 0.143. The Morgan fingerprint density at radius 3 is 2.69 bits per heavy atom. The second-order valence-electron chi connectivity index (χ2n) is 6.46. The first-order valence-corrected chi connectivity index (χ1v) is 9.01. The lowest BCUT2D eigenvalue weighted by molar-refractivity contribution is 0.102. The summed E-state index contributed by atoms with van der Waals surface area (Å²) in [6.45, 7) is 4.04. The molecule has 0 aliphatic heterocycles. The first-order chi connectivity index (χ1) is 14.1. The van der Waals surface area contributed by atoms with Gasteiger partial charge in [0.25, 0.3) is 5.91 Å². The average Bonchev–Trinajstić information content (AvgIpc) is 3.38. The Kier molecular flexibility index (Phi) is 5.07. The van der Waals surface area contributed by atoms with Crippen molar-refractivity contribution in [2.75, 3.05) is 5.32 Å². The van der Waals surface area contributed by atoms with Gasteiger partial charge in [0.1, 0.15) is 30.8 Å². The van der Waals surface area contributed by atoms with Crippen molar-refractivity contribution >= 4 is 11.6 Å². The molecule has 0 spiro atoms. The van der Waals surface area contributed by atoms with E-state index in [9.17, 15) is 4.79 Å². The summed E-state index contributed by atoms with van der Waals surface area (Å²) >= 11 is 0. The number of nitrogens with one attached hydrogen (secondary N) is 1. The van der Waals surface area contributed by atoms with Crippen LogP contribution in [0.5, 0.6) is 5.75 Å². The first-order valence-electron chi connectivity index (χ1n) is 9.01. The molecule has 0 bridgehead atoms. The molecular formula is C21H19N5O3. The van der Waals surface area contributed by atoms with Crippen molar-refractivity contribution in [3.8, 4) is 11.4 Å². The van der Waals surface area contributed by atoms with Crippen molar-refractivity contribution in [2.24, 2.45) is 0 Å². The van der Waals surface area contributed by atoms with E-state index in [1.165, 1.54) is 6.33 Å². The molecule has 8 heteroatoms. The molecule has 0 atom stereocenters. The Balaban J connectivity index is 1.42. The number of nitrogens with zero attached hydrogens (tertiary/aromatic N) is 4. The zero-order valence-electron chi connectivity index (χ0n) is 16.0. The summed E-state index contributed by atoms with van der Waals surface area (Å²) in [7, 11) is 0. The van der Waals surface area contributed by atoms with Crippen LogP contribution in [0.3, 0.4) is 0 Å². The average molecular weight is 389 g/mol. The van der Waals surface area contributed by atoms with Gasteiger partial charge in [0.15, 0.2) is 0 Å². The Bertz CT molecular complexity index is 1100. The standard InChI is InChI=1S/C21H19N5O3/c1-14-20(15(2)29-25-14)11-28-19-5-3-4-16(10-19)21(27)24-17-6-8-18(9-7-17)26-13-22-12-23-26/h3-10,12-13H,11H2,1-2H3,(H,24,27). The minimum absolute atomic E-state index is 0.221. The van der Waals surface area contributed by atoms with Gasteiger partial charge in [-0.15, -0.1) is 0 Å². The molecule has 1 N–H and O–H groups in total. The van der Waals surface area contributed by atoms with E-state index in [0.717, 1.165) is 22.7 Å². The van der Waals surface area contributed by atoms with E-state index in [0.29, 0.717) is 23.6 Å². The van der Waals surface area contributed by atoms with E-state index in [-0.39, 0.29) is 5.91 Å². The van der Waals surface area contributed by atoms with Crippen LogP contribution >= 0.6 is 0 Å². The zero-order chi connectivity index (χ0) is 20.2. The molecule has 0 saturated carbocycles. The van der Waals surface area contributed by atoms with Crippen LogP contribution in [-0.2, 0) is 6.61 Å². The number of carbonyl (C=O) groups is 1. The normalized spacial score (nSPS) is 10.7. The number of carbonyl (C=O) groups excluding carboxylic acids is 1. The van der Waals surface area contributed by atoms with Crippen molar-refractivity contribution in [3.05, 3.63) is 83.8 Å². The maximum absolute atomic E-state index is 12.6. The number of hydrogen-bond acceptors (Lipinski definition) is 6. The van der Waals surface area contributed by atoms with Crippen molar-refractivity contribution in [1.29, 1.82) is 0 Å². The Morgan fingerprint density at radius 2 is 2.00 bits per heavy atom. The molecule has 0 saturated heterocycles. The molecular weight excluding hydrogens is 370 g/mol. The van der Waals surface area contributed by atoms with Crippen LogP contribution in [0.25, 0.3) is 5.69 Å². The van der Waals surface area contributed by atoms with Crippen molar-refractivity contribution < 1.29 is 14.1 Å². The van der Waals surface area contributed by atoms with Crippen LogP contribution in [-0.4, -0.2) is 25.8 Å². The number of rotatable bonds is 6. The first kappa shape index (κ1) is 18.4. The van der Waals surface area contributed by atoms with Crippen LogP contribution in [0.15, 0.2) is 65.7 Å². The quantitative estimate of drug-likeness (QED) is 0.540. The maximum atomic E-state index is 12.6. The van der Waals surface area contributed by atoms with E-state index in [4.69, 9.17) is 9.26 Å². The lowest BCUT2D eigenvalue weighted by Gasteiger charge is -2.09. The van der Waals surface area contributed by atoms with Crippen LogP contribution in [0.2, 0.25) is 0 Å². The highest BCUT2D eigenvalue weighted by atomic mass is 16.5. The molecule has 0 unspecified atom stereocenters. The topological polar surface area (TPSA) is 95.1 Å². The van der Waals surface area contributed by atoms with Gasteiger partial charge < -0.3 is 14.6 Å². The van der Waals surface area contributed by atoms with E-state index in [1.54, 1.807) is 29.2 Å². The fourth-order valence-corrected chi connectivity index (χ4v) is 2.83. The van der Waals surface area contributed by atoms with Gasteiger partial charge >= 0.3 is 0 Å². The molecule has 2 aromatic carbocycles. The lowest BCUT2D eigenvalue weighted by atomic mass is 10.2. The second-order valence-corrected chi connectivity index (χ2v) is 6.46. The summed E-state index contributed by atoms with van der Waals surface area (Å²) < 4.78 is 12.6. The Labute approximate surface area is 167 Å². The molecule has 0 radical (unpaired) electrons. The predicted octanol–water partition coefficient (Wildman–Crippen LogP) is 3.70. The van der Waals surface area contributed by atoms with Crippen LogP contribution in [0.1, 0.15) is 27.4 Å². The smallest absolute Gasteiger partial charge is 0.255 e. The van der Waals surface area contributed by atoms with Crippen LogP contribution in [0, 0.1) is 13.8 Å². The molecule has 0 fully saturated rings. The highest BCUT2D eigenvalue weighted by Gasteiger charge is 2.11. The molecule has 8 nitrogen and oxygen atoms in total. The summed E-state index contributed by atoms with van der Waals surface area (Å²) in [5.74, 6) is 1.10. The molecule has 146 valence electrons. The van der Waals surface area contributed by atoms with Gasteiger partial charge in [-0.05, 0) is 56.3 Å². The SMILES string of the molecule is Cc1noc(C)c1COc1cccc(C(=O)Nc2ccc(-n3cncn3)cc2)c1. The minimum Gasteiger partial charge on any atom is -0.489 e. The summed E-state index contributed by atoms with van der Waals surface area (Å²) in [5, 5.41) is 10.9. The van der Waals surface area contributed by atoms with Crippen molar-refractivity contribution in [1.82, 2.24) is 19.9 Å². The number of aryl methyl sites for hydroxylation is 2. The van der Waals surface area contributed by atoms with Gasteiger partial charge in [0, 0.05) is 11.3 Å². The fourth-order valence-electron chi connectivity index (χ4n) is 2.83.